The predicted octanol–water partition coefficient (Wildman–Crippen LogP) is 3.00. The summed E-state index contributed by atoms with van der Waals surface area (Å²) in [7, 11) is 1.42. The van der Waals surface area contributed by atoms with Crippen LogP contribution in [0, 0.1) is 12.7 Å². The number of hydrogen-bond donors (Lipinski definition) is 1. The number of halogens is 1. The van der Waals surface area contributed by atoms with E-state index in [-0.39, 0.29) is 29.5 Å². The average molecular weight is 404 g/mol. The van der Waals surface area contributed by atoms with Crippen LogP contribution in [0.2, 0.25) is 0 Å². The molecule has 1 aromatic heterocycles. The van der Waals surface area contributed by atoms with Gasteiger partial charge in [0, 0.05) is 12.6 Å². The zero-order chi connectivity index (χ0) is 21.4. The summed E-state index contributed by atoms with van der Waals surface area (Å²) in [6.07, 6.45) is -0.0931. The lowest BCUT2D eigenvalue weighted by molar-refractivity contribution is -0.115. The van der Waals surface area contributed by atoms with Crippen LogP contribution >= 0.6 is 0 Å². The van der Waals surface area contributed by atoms with Gasteiger partial charge in [-0.2, -0.15) is 0 Å². The SMILES string of the molecule is Cc1cc(CC(=O)Nc2ccc(-c3cccc(F)c3)nn2)c2c(c1)C(=O)N(C)C2=O. The minimum Gasteiger partial charge on any atom is -0.309 e. The zero-order valence-corrected chi connectivity index (χ0v) is 16.3. The Balaban J connectivity index is 1.52. The highest BCUT2D eigenvalue weighted by atomic mass is 19.1. The predicted molar refractivity (Wildman–Crippen MR) is 107 cm³/mol. The maximum Gasteiger partial charge on any atom is 0.261 e. The molecule has 0 atom stereocenters. The van der Waals surface area contributed by atoms with Gasteiger partial charge in [-0.25, -0.2) is 4.39 Å². The first kappa shape index (κ1) is 19.4. The smallest absolute Gasteiger partial charge is 0.261 e. The Morgan fingerprint density at radius 3 is 2.57 bits per heavy atom. The second-order valence-electron chi connectivity index (χ2n) is 7.06. The molecule has 3 amide bonds. The van der Waals surface area contributed by atoms with E-state index in [4.69, 9.17) is 0 Å². The van der Waals surface area contributed by atoms with Gasteiger partial charge in [-0.1, -0.05) is 18.2 Å². The van der Waals surface area contributed by atoms with Crippen molar-refractivity contribution in [1.29, 1.82) is 0 Å². The molecule has 0 spiro atoms. The molecule has 8 heteroatoms. The fourth-order valence-electron chi connectivity index (χ4n) is 3.42. The normalized spacial score (nSPS) is 12.8. The topological polar surface area (TPSA) is 92.3 Å². The standard InChI is InChI=1S/C22H17FN4O3/c1-12-8-14(20-16(9-12)21(29)27(2)22(20)30)11-19(28)24-18-7-6-17(25-26-18)13-4-3-5-15(23)10-13/h3-10H,11H2,1-2H3,(H,24,26,28). The van der Waals surface area contributed by atoms with Crippen molar-refractivity contribution < 1.29 is 18.8 Å². The van der Waals surface area contributed by atoms with Crippen LogP contribution in [-0.4, -0.2) is 39.9 Å². The summed E-state index contributed by atoms with van der Waals surface area (Å²) in [4.78, 5) is 38.2. The van der Waals surface area contributed by atoms with Crippen molar-refractivity contribution >= 4 is 23.5 Å². The van der Waals surface area contributed by atoms with Gasteiger partial charge in [-0.15, -0.1) is 10.2 Å². The molecule has 0 bridgehead atoms. The number of carbonyl (C=O) groups excluding carboxylic acids is 3. The number of carbonyl (C=O) groups is 3. The second-order valence-corrected chi connectivity index (χ2v) is 7.06. The monoisotopic (exact) mass is 404 g/mol. The lowest BCUT2D eigenvalue weighted by Crippen LogP contribution is -2.25. The van der Waals surface area contributed by atoms with Crippen LogP contribution in [0.1, 0.15) is 31.8 Å². The van der Waals surface area contributed by atoms with Gasteiger partial charge in [-0.05, 0) is 48.4 Å². The van der Waals surface area contributed by atoms with E-state index >= 15 is 0 Å². The van der Waals surface area contributed by atoms with Crippen molar-refractivity contribution in [3.63, 3.8) is 0 Å². The molecule has 2 heterocycles. The number of hydrogen-bond acceptors (Lipinski definition) is 5. The largest absolute Gasteiger partial charge is 0.309 e. The van der Waals surface area contributed by atoms with E-state index in [0.29, 0.717) is 22.4 Å². The van der Waals surface area contributed by atoms with E-state index in [0.717, 1.165) is 10.5 Å². The van der Waals surface area contributed by atoms with Gasteiger partial charge >= 0.3 is 0 Å². The highest BCUT2D eigenvalue weighted by molar-refractivity contribution is 6.22. The number of nitrogens with one attached hydrogen (secondary N) is 1. The maximum atomic E-state index is 13.4. The van der Waals surface area contributed by atoms with Crippen LogP contribution in [0.3, 0.4) is 0 Å². The second kappa shape index (κ2) is 7.47. The molecule has 1 aliphatic rings. The Hall–Kier alpha value is -3.94. The quantitative estimate of drug-likeness (QED) is 0.675. The van der Waals surface area contributed by atoms with E-state index < -0.39 is 11.8 Å². The number of benzene rings is 2. The molecule has 0 radical (unpaired) electrons. The number of rotatable bonds is 4. The van der Waals surface area contributed by atoms with Crippen molar-refractivity contribution in [2.24, 2.45) is 0 Å². The summed E-state index contributed by atoms with van der Waals surface area (Å²) in [6.45, 7) is 1.80. The number of aromatic nitrogens is 2. The molecule has 0 fully saturated rings. The molecule has 0 unspecified atom stereocenters. The molecule has 0 aliphatic carbocycles. The van der Waals surface area contributed by atoms with Gasteiger partial charge in [0.25, 0.3) is 11.8 Å². The van der Waals surface area contributed by atoms with Gasteiger partial charge in [0.05, 0.1) is 23.2 Å². The van der Waals surface area contributed by atoms with Gasteiger partial charge < -0.3 is 5.32 Å². The van der Waals surface area contributed by atoms with Crippen LogP contribution < -0.4 is 5.32 Å². The molecule has 1 aliphatic heterocycles. The molecule has 7 nitrogen and oxygen atoms in total. The Kier molecular flexibility index (Phi) is 4.83. The van der Waals surface area contributed by atoms with Crippen LogP contribution in [0.15, 0.2) is 48.5 Å². The van der Waals surface area contributed by atoms with E-state index in [1.165, 1.54) is 19.2 Å². The Morgan fingerprint density at radius 1 is 1.07 bits per heavy atom. The summed E-state index contributed by atoms with van der Waals surface area (Å²) in [5.41, 5.74) is 2.88. The fourth-order valence-corrected chi connectivity index (χ4v) is 3.42. The molecule has 4 rings (SSSR count). The van der Waals surface area contributed by atoms with Crippen LogP contribution in [0.4, 0.5) is 10.2 Å². The summed E-state index contributed by atoms with van der Waals surface area (Å²) in [6, 6.07) is 12.5. The molecule has 30 heavy (non-hydrogen) atoms. The number of amides is 3. The first-order chi connectivity index (χ1) is 14.3. The van der Waals surface area contributed by atoms with Crippen molar-refractivity contribution in [2.75, 3.05) is 12.4 Å². The number of anilines is 1. The summed E-state index contributed by atoms with van der Waals surface area (Å²) >= 11 is 0. The van der Waals surface area contributed by atoms with Gasteiger partial charge in [0.15, 0.2) is 5.82 Å². The van der Waals surface area contributed by atoms with Crippen LogP contribution in [-0.2, 0) is 11.2 Å². The first-order valence-corrected chi connectivity index (χ1v) is 9.19. The van der Waals surface area contributed by atoms with Crippen molar-refractivity contribution in [2.45, 2.75) is 13.3 Å². The number of nitrogens with zero attached hydrogens (tertiary/aromatic N) is 3. The molecule has 0 saturated heterocycles. The van der Waals surface area contributed by atoms with Gasteiger partial charge in [0.2, 0.25) is 5.91 Å². The van der Waals surface area contributed by atoms with Gasteiger partial charge in [-0.3, -0.25) is 19.3 Å². The average Bonchev–Trinajstić information content (AvgIpc) is 2.92. The number of imide groups is 1. The number of fused-ring (bicyclic) bond motifs is 1. The van der Waals surface area contributed by atoms with E-state index in [9.17, 15) is 18.8 Å². The summed E-state index contributed by atoms with van der Waals surface area (Å²) in [5.74, 6) is -1.35. The summed E-state index contributed by atoms with van der Waals surface area (Å²) < 4.78 is 13.4. The third kappa shape index (κ3) is 3.55. The fraction of sp³-hybridized carbons (Fsp3) is 0.136. The lowest BCUT2D eigenvalue weighted by atomic mass is 9.97. The van der Waals surface area contributed by atoms with Crippen LogP contribution in [0.5, 0.6) is 0 Å². The molecule has 2 aromatic carbocycles. The molecule has 3 aromatic rings. The van der Waals surface area contributed by atoms with Crippen LogP contribution in [0.25, 0.3) is 11.3 Å². The zero-order valence-electron chi connectivity index (χ0n) is 16.3. The molecule has 1 N–H and O–H groups in total. The molecular formula is C22H17FN4O3. The third-order valence-electron chi connectivity index (χ3n) is 4.82. The first-order valence-electron chi connectivity index (χ1n) is 9.19. The third-order valence-corrected chi connectivity index (χ3v) is 4.82. The van der Waals surface area contributed by atoms with Crippen molar-refractivity contribution in [3.05, 3.63) is 76.6 Å². The lowest BCUT2D eigenvalue weighted by Gasteiger charge is -2.09. The van der Waals surface area contributed by atoms with E-state index in [1.807, 2.05) is 0 Å². The Morgan fingerprint density at radius 2 is 1.87 bits per heavy atom. The Bertz CT molecular complexity index is 1190. The minimum absolute atomic E-state index is 0.0931. The minimum atomic E-state index is -0.419. The highest BCUT2D eigenvalue weighted by Gasteiger charge is 2.35. The molecule has 0 saturated carbocycles. The highest BCUT2D eigenvalue weighted by Crippen LogP contribution is 2.27. The number of aryl methyl sites for hydroxylation is 1. The van der Waals surface area contributed by atoms with Crippen molar-refractivity contribution in [1.82, 2.24) is 15.1 Å². The van der Waals surface area contributed by atoms with Crippen molar-refractivity contribution in [3.8, 4) is 11.3 Å². The van der Waals surface area contributed by atoms with E-state index in [1.54, 1.807) is 43.3 Å². The van der Waals surface area contributed by atoms with E-state index in [2.05, 4.69) is 15.5 Å². The maximum absolute atomic E-state index is 13.4. The summed E-state index contributed by atoms with van der Waals surface area (Å²) in [5, 5.41) is 10.6. The van der Waals surface area contributed by atoms with Gasteiger partial charge in [0.1, 0.15) is 5.82 Å². The molecular weight excluding hydrogens is 387 g/mol. The molecule has 150 valence electrons. The Labute approximate surface area is 171 Å².